The maximum atomic E-state index is 12.8. The summed E-state index contributed by atoms with van der Waals surface area (Å²) in [5.74, 6) is 0. The lowest BCUT2D eigenvalue weighted by molar-refractivity contribution is -0.140. The van der Waals surface area contributed by atoms with Gasteiger partial charge in [-0.2, -0.15) is 13.2 Å². The minimum Gasteiger partial charge on any atom is -0.368 e. The molecule has 0 aliphatic carbocycles. The Kier molecular flexibility index (Phi) is 4.81. The van der Waals surface area contributed by atoms with Gasteiger partial charge in [0, 0.05) is 62.0 Å². The molecule has 142 valence electrons. The Labute approximate surface area is 162 Å². The quantitative estimate of drug-likeness (QED) is 0.621. The summed E-state index contributed by atoms with van der Waals surface area (Å²) in [4.78, 5) is 12.4. The fraction of sp³-hybridized carbons (Fsp3) is 0.333. The standard InChI is InChI=1S/C18H17BrF3N5/c19-14-7-13(8-23-9-14)10-25-3-5-26(6-4-25)15-1-2-17-24-16(18(20,21)22)12-27(17)11-15/h1-2,7-9,11-12H,3-6,10H2. The molecule has 0 saturated carbocycles. The van der Waals surface area contributed by atoms with E-state index in [1.165, 1.54) is 4.40 Å². The summed E-state index contributed by atoms with van der Waals surface area (Å²) in [5, 5.41) is 0. The zero-order valence-electron chi connectivity index (χ0n) is 14.3. The zero-order valence-corrected chi connectivity index (χ0v) is 15.9. The van der Waals surface area contributed by atoms with E-state index in [9.17, 15) is 13.2 Å². The van der Waals surface area contributed by atoms with Gasteiger partial charge in [-0.1, -0.05) is 0 Å². The van der Waals surface area contributed by atoms with Gasteiger partial charge in [0.2, 0.25) is 0 Å². The first-order valence-electron chi connectivity index (χ1n) is 8.51. The molecule has 1 saturated heterocycles. The number of hydrogen-bond acceptors (Lipinski definition) is 4. The molecule has 3 aromatic rings. The number of pyridine rings is 2. The lowest BCUT2D eigenvalue weighted by Crippen LogP contribution is -2.46. The summed E-state index contributed by atoms with van der Waals surface area (Å²) in [5.41, 5.74) is 1.48. The third-order valence-electron chi connectivity index (χ3n) is 4.63. The van der Waals surface area contributed by atoms with Crippen molar-refractivity contribution in [3.63, 3.8) is 0 Å². The predicted octanol–water partition coefficient (Wildman–Crippen LogP) is 3.83. The normalized spacial score (nSPS) is 16.2. The molecule has 27 heavy (non-hydrogen) atoms. The van der Waals surface area contributed by atoms with Crippen molar-refractivity contribution in [2.24, 2.45) is 0 Å². The van der Waals surface area contributed by atoms with Crippen molar-refractivity contribution < 1.29 is 13.2 Å². The van der Waals surface area contributed by atoms with Crippen LogP contribution in [0, 0.1) is 0 Å². The van der Waals surface area contributed by atoms with Gasteiger partial charge < -0.3 is 9.30 Å². The molecule has 0 radical (unpaired) electrons. The van der Waals surface area contributed by atoms with Gasteiger partial charge in [-0.05, 0) is 39.7 Å². The minimum atomic E-state index is -4.43. The van der Waals surface area contributed by atoms with E-state index >= 15 is 0 Å². The fourth-order valence-corrected chi connectivity index (χ4v) is 3.68. The molecule has 1 aliphatic rings. The Morgan fingerprint density at radius 2 is 1.81 bits per heavy atom. The van der Waals surface area contributed by atoms with Crippen LogP contribution in [0.15, 0.2) is 47.5 Å². The molecule has 0 bridgehead atoms. The molecule has 5 nitrogen and oxygen atoms in total. The molecule has 0 amide bonds. The molecule has 0 atom stereocenters. The molecular weight excluding hydrogens is 423 g/mol. The smallest absolute Gasteiger partial charge is 0.368 e. The van der Waals surface area contributed by atoms with Crippen molar-refractivity contribution in [2.75, 3.05) is 31.1 Å². The number of aromatic nitrogens is 3. The van der Waals surface area contributed by atoms with Crippen LogP contribution >= 0.6 is 15.9 Å². The first kappa shape index (κ1) is 18.2. The summed E-state index contributed by atoms with van der Waals surface area (Å²) in [6, 6.07) is 5.52. The van der Waals surface area contributed by atoms with Crippen LogP contribution in [0.2, 0.25) is 0 Å². The van der Waals surface area contributed by atoms with Gasteiger partial charge in [0.25, 0.3) is 0 Å². The SMILES string of the molecule is FC(F)(F)c1cn2cc(N3CCN(Cc4cncc(Br)c4)CC3)ccc2n1. The van der Waals surface area contributed by atoms with Gasteiger partial charge in [-0.3, -0.25) is 9.88 Å². The minimum absolute atomic E-state index is 0.298. The van der Waals surface area contributed by atoms with Gasteiger partial charge >= 0.3 is 6.18 Å². The molecule has 0 aromatic carbocycles. The number of imidazole rings is 1. The molecule has 4 rings (SSSR count). The molecule has 0 unspecified atom stereocenters. The number of hydrogen-bond donors (Lipinski definition) is 0. The van der Waals surface area contributed by atoms with Gasteiger partial charge in [0.1, 0.15) is 5.65 Å². The summed E-state index contributed by atoms with van der Waals surface area (Å²) >= 11 is 3.43. The monoisotopic (exact) mass is 439 g/mol. The number of fused-ring (bicyclic) bond motifs is 1. The van der Waals surface area contributed by atoms with Gasteiger partial charge in [-0.15, -0.1) is 0 Å². The predicted molar refractivity (Wildman–Crippen MR) is 99.6 cm³/mol. The van der Waals surface area contributed by atoms with Crippen LogP contribution in [-0.4, -0.2) is 45.4 Å². The van der Waals surface area contributed by atoms with Gasteiger partial charge in [0.05, 0.1) is 5.69 Å². The van der Waals surface area contributed by atoms with Crippen molar-refractivity contribution in [1.29, 1.82) is 0 Å². The number of rotatable bonds is 3. The van der Waals surface area contributed by atoms with Gasteiger partial charge in [0.15, 0.2) is 5.69 Å². The van der Waals surface area contributed by atoms with Crippen molar-refractivity contribution >= 4 is 27.3 Å². The maximum absolute atomic E-state index is 12.8. The Hall–Kier alpha value is -2.13. The van der Waals surface area contributed by atoms with E-state index in [1.807, 2.05) is 12.3 Å². The Balaban J connectivity index is 1.43. The summed E-state index contributed by atoms with van der Waals surface area (Å²) < 4.78 is 40.9. The summed E-state index contributed by atoms with van der Waals surface area (Å²) in [6.07, 6.45) is 1.94. The van der Waals surface area contributed by atoms with Gasteiger partial charge in [-0.25, -0.2) is 4.98 Å². The largest absolute Gasteiger partial charge is 0.434 e. The number of piperazine rings is 1. The maximum Gasteiger partial charge on any atom is 0.434 e. The fourth-order valence-electron chi connectivity index (χ4n) is 3.27. The van der Waals surface area contributed by atoms with E-state index in [2.05, 4.69) is 41.8 Å². The average molecular weight is 440 g/mol. The number of anilines is 1. The third kappa shape index (κ3) is 4.08. The molecule has 3 aromatic heterocycles. The van der Waals surface area contributed by atoms with E-state index in [1.54, 1.807) is 18.5 Å². The molecule has 4 heterocycles. The molecule has 1 fully saturated rings. The second-order valence-electron chi connectivity index (χ2n) is 6.55. The first-order valence-corrected chi connectivity index (χ1v) is 9.30. The molecule has 0 spiro atoms. The Morgan fingerprint density at radius 1 is 1.04 bits per heavy atom. The van der Waals surface area contributed by atoms with Crippen molar-refractivity contribution in [3.05, 3.63) is 58.7 Å². The third-order valence-corrected chi connectivity index (χ3v) is 5.06. The molecule has 9 heteroatoms. The average Bonchev–Trinajstić information content (AvgIpc) is 3.06. The second kappa shape index (κ2) is 7.12. The van der Waals surface area contributed by atoms with Crippen LogP contribution in [0.1, 0.15) is 11.3 Å². The highest BCUT2D eigenvalue weighted by Crippen LogP contribution is 2.29. The number of alkyl halides is 3. The van der Waals surface area contributed by atoms with E-state index in [0.29, 0.717) is 5.65 Å². The lowest BCUT2D eigenvalue weighted by atomic mass is 10.2. The summed E-state index contributed by atoms with van der Waals surface area (Å²) in [6.45, 7) is 4.21. The number of halogens is 4. The Morgan fingerprint density at radius 3 is 2.52 bits per heavy atom. The van der Waals surface area contributed by atoms with Crippen molar-refractivity contribution in [3.8, 4) is 0 Å². The highest BCUT2D eigenvalue weighted by atomic mass is 79.9. The van der Waals surface area contributed by atoms with E-state index in [-0.39, 0.29) is 0 Å². The zero-order chi connectivity index (χ0) is 19.0. The van der Waals surface area contributed by atoms with Crippen molar-refractivity contribution in [1.82, 2.24) is 19.3 Å². The van der Waals surface area contributed by atoms with Crippen LogP contribution in [0.3, 0.4) is 0 Å². The van der Waals surface area contributed by atoms with Crippen LogP contribution < -0.4 is 4.90 Å². The van der Waals surface area contributed by atoms with Crippen molar-refractivity contribution in [2.45, 2.75) is 12.7 Å². The summed E-state index contributed by atoms with van der Waals surface area (Å²) in [7, 11) is 0. The number of nitrogens with zero attached hydrogens (tertiary/aromatic N) is 5. The first-order chi connectivity index (χ1) is 12.9. The van der Waals surface area contributed by atoms with E-state index in [4.69, 9.17) is 0 Å². The van der Waals surface area contributed by atoms with Crippen LogP contribution in [-0.2, 0) is 12.7 Å². The Bertz CT molecular complexity index is 948. The topological polar surface area (TPSA) is 36.7 Å². The van der Waals surface area contributed by atoms with Crippen LogP contribution in [0.5, 0.6) is 0 Å². The lowest BCUT2D eigenvalue weighted by Gasteiger charge is -2.36. The second-order valence-corrected chi connectivity index (χ2v) is 7.47. The van der Waals surface area contributed by atoms with Crippen LogP contribution in [0.25, 0.3) is 5.65 Å². The highest BCUT2D eigenvalue weighted by molar-refractivity contribution is 9.10. The highest BCUT2D eigenvalue weighted by Gasteiger charge is 2.34. The van der Waals surface area contributed by atoms with E-state index in [0.717, 1.165) is 54.6 Å². The molecule has 0 N–H and O–H groups in total. The molecular formula is C18H17BrF3N5. The van der Waals surface area contributed by atoms with Crippen LogP contribution in [0.4, 0.5) is 18.9 Å². The molecule has 1 aliphatic heterocycles. The van der Waals surface area contributed by atoms with E-state index < -0.39 is 11.9 Å².